The van der Waals surface area contributed by atoms with Crippen LogP contribution in [0, 0.1) is 5.41 Å². The molecule has 3 heteroatoms. The summed E-state index contributed by atoms with van der Waals surface area (Å²) in [7, 11) is 4.22. The second kappa shape index (κ2) is 5.48. The molecule has 16 heavy (non-hydrogen) atoms. The molecule has 0 aromatic rings. The van der Waals surface area contributed by atoms with E-state index in [9.17, 15) is 0 Å². The molecule has 0 atom stereocenters. The van der Waals surface area contributed by atoms with Gasteiger partial charge in [-0.15, -0.1) is 0 Å². The molecule has 0 aromatic carbocycles. The average molecular weight is 227 g/mol. The fourth-order valence-electron chi connectivity index (χ4n) is 2.40. The number of likely N-dealkylation sites (N-methyl/N-ethyl adjacent to an activating group) is 1. The maximum atomic E-state index is 5.97. The molecule has 0 radical (unpaired) electrons. The molecule has 0 amide bonds. The zero-order valence-corrected chi connectivity index (χ0v) is 11.5. The first kappa shape index (κ1) is 13.9. The minimum atomic E-state index is 0.214. The zero-order valence-electron chi connectivity index (χ0n) is 11.5. The SMILES string of the molecule is CN(C)CCNC1(CN)CCC(C)(C)CC1. The highest BCUT2D eigenvalue weighted by molar-refractivity contribution is 4.96. The van der Waals surface area contributed by atoms with Crippen LogP contribution in [0.1, 0.15) is 39.5 Å². The van der Waals surface area contributed by atoms with Crippen LogP contribution in [0.4, 0.5) is 0 Å². The average Bonchev–Trinajstić information content (AvgIpc) is 2.21. The molecule has 1 aliphatic rings. The number of hydrogen-bond acceptors (Lipinski definition) is 3. The molecule has 1 fully saturated rings. The molecule has 1 saturated carbocycles. The van der Waals surface area contributed by atoms with E-state index in [1.807, 2.05) is 0 Å². The highest BCUT2D eigenvalue weighted by Gasteiger charge is 2.36. The van der Waals surface area contributed by atoms with Crippen molar-refractivity contribution in [2.45, 2.75) is 45.1 Å². The molecular formula is C13H29N3. The fourth-order valence-corrected chi connectivity index (χ4v) is 2.40. The van der Waals surface area contributed by atoms with Crippen molar-refractivity contribution in [2.75, 3.05) is 33.7 Å². The summed E-state index contributed by atoms with van der Waals surface area (Å²) in [5, 5.41) is 3.69. The van der Waals surface area contributed by atoms with Crippen LogP contribution in [0.15, 0.2) is 0 Å². The molecule has 1 aliphatic carbocycles. The van der Waals surface area contributed by atoms with Crippen molar-refractivity contribution in [1.82, 2.24) is 10.2 Å². The molecule has 3 nitrogen and oxygen atoms in total. The van der Waals surface area contributed by atoms with Crippen molar-refractivity contribution >= 4 is 0 Å². The molecule has 96 valence electrons. The van der Waals surface area contributed by atoms with Crippen molar-refractivity contribution in [3.05, 3.63) is 0 Å². The van der Waals surface area contributed by atoms with E-state index in [4.69, 9.17) is 5.73 Å². The molecule has 0 aromatic heterocycles. The van der Waals surface area contributed by atoms with Crippen LogP contribution >= 0.6 is 0 Å². The Bertz CT molecular complexity index is 201. The Morgan fingerprint density at radius 1 is 1.12 bits per heavy atom. The summed E-state index contributed by atoms with van der Waals surface area (Å²) in [6.45, 7) is 7.65. The predicted molar refractivity (Wildman–Crippen MR) is 70.6 cm³/mol. The molecule has 0 saturated heterocycles. The monoisotopic (exact) mass is 227 g/mol. The van der Waals surface area contributed by atoms with E-state index >= 15 is 0 Å². The van der Waals surface area contributed by atoms with E-state index in [0.29, 0.717) is 5.41 Å². The van der Waals surface area contributed by atoms with Crippen LogP contribution in [-0.2, 0) is 0 Å². The summed E-state index contributed by atoms with van der Waals surface area (Å²) < 4.78 is 0. The number of rotatable bonds is 5. The Balaban J connectivity index is 2.40. The van der Waals surface area contributed by atoms with Gasteiger partial charge in [-0.05, 0) is 45.2 Å². The van der Waals surface area contributed by atoms with E-state index in [1.165, 1.54) is 25.7 Å². The summed E-state index contributed by atoms with van der Waals surface area (Å²) in [5.74, 6) is 0. The topological polar surface area (TPSA) is 41.3 Å². The van der Waals surface area contributed by atoms with Crippen LogP contribution in [0.5, 0.6) is 0 Å². The Morgan fingerprint density at radius 3 is 2.12 bits per heavy atom. The van der Waals surface area contributed by atoms with Gasteiger partial charge < -0.3 is 16.0 Å². The van der Waals surface area contributed by atoms with Crippen LogP contribution in [0.25, 0.3) is 0 Å². The fraction of sp³-hybridized carbons (Fsp3) is 1.00. The summed E-state index contributed by atoms with van der Waals surface area (Å²) in [6, 6.07) is 0. The van der Waals surface area contributed by atoms with Crippen molar-refractivity contribution in [3.8, 4) is 0 Å². The standard InChI is InChI=1S/C13H29N3/c1-12(2)5-7-13(11-14,8-6-12)15-9-10-16(3)4/h15H,5-11,14H2,1-4H3. The zero-order chi connectivity index (χ0) is 12.2. The third kappa shape index (κ3) is 4.04. The van der Waals surface area contributed by atoms with Gasteiger partial charge >= 0.3 is 0 Å². The third-order valence-corrected chi connectivity index (χ3v) is 4.01. The van der Waals surface area contributed by atoms with E-state index in [-0.39, 0.29) is 5.54 Å². The van der Waals surface area contributed by atoms with Gasteiger partial charge in [-0.3, -0.25) is 0 Å². The normalized spacial score (nSPS) is 23.6. The van der Waals surface area contributed by atoms with Crippen LogP contribution < -0.4 is 11.1 Å². The summed E-state index contributed by atoms with van der Waals surface area (Å²) in [4.78, 5) is 2.21. The Morgan fingerprint density at radius 2 is 1.69 bits per heavy atom. The lowest BCUT2D eigenvalue weighted by Gasteiger charge is -2.44. The van der Waals surface area contributed by atoms with E-state index in [0.717, 1.165) is 19.6 Å². The first-order valence-electron chi connectivity index (χ1n) is 6.49. The van der Waals surface area contributed by atoms with Gasteiger partial charge in [0.15, 0.2) is 0 Å². The largest absolute Gasteiger partial charge is 0.329 e. The second-order valence-corrected chi connectivity index (χ2v) is 6.38. The number of nitrogens with two attached hydrogens (primary N) is 1. The molecule has 0 aliphatic heterocycles. The third-order valence-electron chi connectivity index (χ3n) is 4.01. The van der Waals surface area contributed by atoms with Gasteiger partial charge in [-0.1, -0.05) is 13.8 Å². The first-order valence-corrected chi connectivity index (χ1v) is 6.49. The molecule has 0 spiro atoms. The quantitative estimate of drug-likeness (QED) is 0.747. The van der Waals surface area contributed by atoms with Crippen molar-refractivity contribution in [2.24, 2.45) is 11.1 Å². The lowest BCUT2D eigenvalue weighted by Crippen LogP contribution is -2.55. The van der Waals surface area contributed by atoms with Gasteiger partial charge in [-0.2, -0.15) is 0 Å². The Kier molecular flexibility index (Phi) is 4.77. The van der Waals surface area contributed by atoms with Gasteiger partial charge in [0.1, 0.15) is 0 Å². The summed E-state index contributed by atoms with van der Waals surface area (Å²) >= 11 is 0. The highest BCUT2D eigenvalue weighted by atomic mass is 15.1. The van der Waals surface area contributed by atoms with Gasteiger partial charge in [0.25, 0.3) is 0 Å². The smallest absolute Gasteiger partial charge is 0.0304 e. The van der Waals surface area contributed by atoms with Crippen LogP contribution in [0.2, 0.25) is 0 Å². The van der Waals surface area contributed by atoms with Gasteiger partial charge in [0.05, 0.1) is 0 Å². The van der Waals surface area contributed by atoms with Crippen molar-refractivity contribution in [1.29, 1.82) is 0 Å². The second-order valence-electron chi connectivity index (χ2n) is 6.38. The Labute approximate surface area is 101 Å². The van der Waals surface area contributed by atoms with Crippen LogP contribution in [-0.4, -0.2) is 44.2 Å². The molecule has 0 unspecified atom stereocenters. The minimum Gasteiger partial charge on any atom is -0.329 e. The van der Waals surface area contributed by atoms with E-state index in [1.54, 1.807) is 0 Å². The maximum Gasteiger partial charge on any atom is 0.0304 e. The lowest BCUT2D eigenvalue weighted by molar-refractivity contribution is 0.138. The van der Waals surface area contributed by atoms with Crippen molar-refractivity contribution in [3.63, 3.8) is 0 Å². The molecule has 0 heterocycles. The molecule has 0 bridgehead atoms. The Hall–Kier alpha value is -0.120. The minimum absolute atomic E-state index is 0.214. The van der Waals surface area contributed by atoms with Crippen LogP contribution in [0.3, 0.4) is 0 Å². The molecular weight excluding hydrogens is 198 g/mol. The van der Waals surface area contributed by atoms with Gasteiger partial charge in [-0.25, -0.2) is 0 Å². The lowest BCUT2D eigenvalue weighted by atomic mass is 9.69. The van der Waals surface area contributed by atoms with Crippen molar-refractivity contribution < 1.29 is 0 Å². The highest BCUT2D eigenvalue weighted by Crippen LogP contribution is 2.39. The number of hydrogen-bond donors (Lipinski definition) is 2. The first-order chi connectivity index (χ1) is 7.39. The van der Waals surface area contributed by atoms with E-state index < -0.39 is 0 Å². The predicted octanol–water partition coefficient (Wildman–Crippen LogP) is 1.44. The van der Waals surface area contributed by atoms with Gasteiger partial charge in [0.2, 0.25) is 0 Å². The molecule has 1 rings (SSSR count). The number of nitrogens with one attached hydrogen (secondary N) is 1. The number of nitrogens with zero attached hydrogens (tertiary/aromatic N) is 1. The summed E-state index contributed by atoms with van der Waals surface area (Å²) in [6.07, 6.45) is 5.03. The maximum absolute atomic E-state index is 5.97. The summed E-state index contributed by atoms with van der Waals surface area (Å²) in [5.41, 5.74) is 6.70. The van der Waals surface area contributed by atoms with E-state index in [2.05, 4.69) is 38.2 Å². The van der Waals surface area contributed by atoms with Gasteiger partial charge in [0, 0.05) is 25.2 Å². The molecule has 3 N–H and O–H groups in total.